The molecule has 101 heavy (non-hydrogen) atoms. The Labute approximate surface area is 618 Å². The highest BCUT2D eigenvalue weighted by molar-refractivity contribution is 7.47. The van der Waals surface area contributed by atoms with Crippen molar-refractivity contribution in [3.8, 4) is 0 Å². The maximum Gasteiger partial charge on any atom is 0.472 e. The summed E-state index contributed by atoms with van der Waals surface area (Å²) >= 11 is 0. The molecule has 0 saturated carbocycles. The lowest BCUT2D eigenvalue weighted by atomic mass is 10.0. The van der Waals surface area contributed by atoms with Crippen LogP contribution in [-0.2, 0) is 65.4 Å². The second kappa shape index (κ2) is 73.1. The highest BCUT2D eigenvalue weighted by Crippen LogP contribution is 2.45. The van der Waals surface area contributed by atoms with Crippen LogP contribution >= 0.6 is 15.6 Å². The lowest BCUT2D eigenvalue weighted by molar-refractivity contribution is -0.161. The van der Waals surface area contributed by atoms with Gasteiger partial charge in [0.05, 0.1) is 26.4 Å². The highest BCUT2D eigenvalue weighted by atomic mass is 31.2. The van der Waals surface area contributed by atoms with E-state index >= 15 is 0 Å². The summed E-state index contributed by atoms with van der Waals surface area (Å²) < 4.78 is 68.7. The van der Waals surface area contributed by atoms with Crippen molar-refractivity contribution in [2.75, 3.05) is 39.6 Å². The molecule has 0 rings (SSSR count). The number of hydrogen-bond donors (Lipinski definition) is 3. The normalized spacial score (nSPS) is 14.0. The van der Waals surface area contributed by atoms with Crippen LogP contribution in [0.25, 0.3) is 0 Å². The summed E-state index contributed by atoms with van der Waals surface area (Å²) in [5, 5.41) is 10.6. The fourth-order valence-corrected chi connectivity index (χ4v) is 13.8. The average molecular weight is 1480 g/mol. The van der Waals surface area contributed by atoms with Crippen LogP contribution < -0.4 is 0 Å². The second-order valence-electron chi connectivity index (χ2n) is 29.8. The molecule has 17 nitrogen and oxygen atoms in total. The predicted octanol–water partition coefficient (Wildman–Crippen LogP) is 24.2. The molecular weight excluding hydrogens is 1320 g/mol. The largest absolute Gasteiger partial charge is 0.472 e. The first-order valence-electron chi connectivity index (χ1n) is 41.8. The number of ether oxygens (including phenoxy) is 4. The van der Waals surface area contributed by atoms with Crippen LogP contribution in [0.3, 0.4) is 0 Å². The van der Waals surface area contributed by atoms with Crippen molar-refractivity contribution in [2.45, 2.75) is 426 Å². The summed E-state index contributed by atoms with van der Waals surface area (Å²) in [6.07, 6.45) is 66.3. The molecule has 0 fully saturated rings. The minimum Gasteiger partial charge on any atom is -0.462 e. The van der Waals surface area contributed by atoms with Crippen molar-refractivity contribution in [2.24, 2.45) is 11.8 Å². The number of aliphatic hydroxyl groups excluding tert-OH is 1. The quantitative estimate of drug-likeness (QED) is 0.0169. The maximum atomic E-state index is 13.1. The van der Waals surface area contributed by atoms with Gasteiger partial charge >= 0.3 is 39.5 Å². The Morgan fingerprint density at radius 1 is 0.307 bits per heavy atom. The van der Waals surface area contributed by atoms with E-state index in [0.29, 0.717) is 31.6 Å². The highest BCUT2D eigenvalue weighted by Gasteiger charge is 2.30. The number of phosphoric ester groups is 2. The van der Waals surface area contributed by atoms with Gasteiger partial charge in [0, 0.05) is 25.7 Å². The van der Waals surface area contributed by atoms with Crippen molar-refractivity contribution >= 4 is 39.5 Å². The first-order valence-corrected chi connectivity index (χ1v) is 44.8. The number of phosphoric acid groups is 2. The molecule has 0 aromatic carbocycles. The van der Waals surface area contributed by atoms with Crippen molar-refractivity contribution in [1.29, 1.82) is 0 Å². The Morgan fingerprint density at radius 2 is 0.535 bits per heavy atom. The zero-order valence-electron chi connectivity index (χ0n) is 65.7. The Morgan fingerprint density at radius 3 is 0.812 bits per heavy atom. The van der Waals surface area contributed by atoms with Gasteiger partial charge in [0.2, 0.25) is 0 Å². The van der Waals surface area contributed by atoms with E-state index in [1.807, 2.05) is 0 Å². The summed E-state index contributed by atoms with van der Waals surface area (Å²) in [6.45, 7) is 9.51. The molecule has 596 valence electrons. The molecule has 0 amide bonds. The second-order valence-corrected chi connectivity index (χ2v) is 32.7. The van der Waals surface area contributed by atoms with Gasteiger partial charge in [0.25, 0.3) is 0 Å². The third-order valence-corrected chi connectivity index (χ3v) is 20.5. The molecule has 0 bridgehead atoms. The number of unbranched alkanes of at least 4 members (excludes halogenated alkanes) is 46. The molecule has 0 aliphatic rings. The van der Waals surface area contributed by atoms with Crippen molar-refractivity contribution in [1.82, 2.24) is 0 Å². The third-order valence-electron chi connectivity index (χ3n) is 18.6. The summed E-state index contributed by atoms with van der Waals surface area (Å²) in [5.41, 5.74) is 0. The fraction of sp³-hybridized carbons (Fsp3) is 0.902. The van der Waals surface area contributed by atoms with Gasteiger partial charge in [-0.3, -0.25) is 37.3 Å². The number of rotatable bonds is 79. The van der Waals surface area contributed by atoms with Crippen LogP contribution in [0.1, 0.15) is 408 Å². The smallest absolute Gasteiger partial charge is 0.462 e. The maximum absolute atomic E-state index is 13.1. The van der Waals surface area contributed by atoms with Gasteiger partial charge in [-0.2, -0.15) is 0 Å². The number of allylic oxidation sites excluding steroid dienone is 4. The van der Waals surface area contributed by atoms with E-state index in [1.54, 1.807) is 0 Å². The molecule has 0 heterocycles. The topological polar surface area (TPSA) is 237 Å². The number of carbonyl (C=O) groups excluding carboxylic acids is 4. The first-order chi connectivity index (χ1) is 48.9. The monoisotopic (exact) mass is 1480 g/mol. The molecule has 0 saturated heterocycles. The van der Waals surface area contributed by atoms with Crippen LogP contribution in [0.4, 0.5) is 0 Å². The van der Waals surface area contributed by atoms with E-state index in [9.17, 15) is 43.2 Å². The number of esters is 4. The van der Waals surface area contributed by atoms with Crippen molar-refractivity contribution in [3.63, 3.8) is 0 Å². The van der Waals surface area contributed by atoms with Crippen molar-refractivity contribution in [3.05, 3.63) is 24.3 Å². The lowest BCUT2D eigenvalue weighted by Crippen LogP contribution is -2.30. The zero-order chi connectivity index (χ0) is 74.2. The average Bonchev–Trinajstić information content (AvgIpc) is 0.939. The molecule has 0 aromatic rings. The molecule has 2 unspecified atom stereocenters. The third kappa shape index (κ3) is 75.6. The van der Waals surface area contributed by atoms with E-state index in [2.05, 4.69) is 65.8 Å². The Hall–Kier alpha value is -2.46. The minimum atomic E-state index is -4.97. The Kier molecular flexibility index (Phi) is 71.3. The van der Waals surface area contributed by atoms with Gasteiger partial charge in [-0.15, -0.1) is 0 Å². The molecule has 19 heteroatoms. The van der Waals surface area contributed by atoms with E-state index in [4.69, 9.17) is 37.0 Å². The van der Waals surface area contributed by atoms with Crippen LogP contribution in [0.2, 0.25) is 0 Å². The molecule has 0 spiro atoms. The van der Waals surface area contributed by atoms with Gasteiger partial charge < -0.3 is 33.8 Å². The van der Waals surface area contributed by atoms with Gasteiger partial charge in [0.15, 0.2) is 12.2 Å². The van der Waals surface area contributed by atoms with Crippen molar-refractivity contribution < 1.29 is 80.2 Å². The molecule has 0 aliphatic heterocycles. The standard InChI is InChI=1S/C82H156O17P2/c1-7-9-11-13-15-17-19-21-23-24-25-26-27-28-29-31-33-37-41-47-54-60-66-81(86)98-77(70-92-79(84)64-58-52-46-40-36-32-30-22-20-18-16-14-12-10-8-2)72-96-100(88,89)94-68-76(83)69-95-101(90,91)97-73-78(71-93-80(85)65-59-53-49-43-45-51-57-63-75(5)6)99-82(87)67-61-55-48-42-38-34-35-39-44-50-56-62-74(3)4/h18,20,22,30,74-78,83H,7-17,19,21,23-29,31-73H2,1-6H3,(H,88,89)(H,90,91)/b20-18-,30-22-/t76-,77-,78-/m1/s1. The number of carbonyl (C=O) groups is 4. The first kappa shape index (κ1) is 98.5. The van der Waals surface area contributed by atoms with Gasteiger partial charge in [-0.05, 0) is 63.2 Å². The minimum absolute atomic E-state index is 0.102. The molecule has 3 N–H and O–H groups in total. The SMILES string of the molecule is CCCCCC/C=C\C=C/CCCCCCCC(=O)OC[C@H](COP(=O)(O)OC[C@@H](O)COP(=O)(O)OC[C@@H](COC(=O)CCCCCCCCCC(C)C)OC(=O)CCCCCCCCCCCCCC(C)C)OC(=O)CCCCCCCCCCCCCCCCCCCCCCCC. The molecule has 0 radical (unpaired) electrons. The summed E-state index contributed by atoms with van der Waals surface area (Å²) in [5.74, 6) is -0.674. The molecular formula is C82H156O17P2. The fourth-order valence-electron chi connectivity index (χ4n) is 12.2. The summed E-state index contributed by atoms with van der Waals surface area (Å²) in [7, 11) is -9.93. The van der Waals surface area contributed by atoms with Crippen LogP contribution in [-0.4, -0.2) is 96.7 Å². The molecule has 0 aromatic heterocycles. The van der Waals surface area contributed by atoms with E-state index < -0.39 is 97.5 Å². The lowest BCUT2D eigenvalue weighted by Gasteiger charge is -2.21. The zero-order valence-corrected chi connectivity index (χ0v) is 67.5. The number of hydrogen-bond acceptors (Lipinski definition) is 15. The Balaban J connectivity index is 5.24. The van der Waals surface area contributed by atoms with E-state index in [1.165, 1.54) is 199 Å². The molecule has 0 aliphatic carbocycles. The number of aliphatic hydroxyl groups is 1. The van der Waals surface area contributed by atoms with E-state index in [-0.39, 0.29) is 25.7 Å². The van der Waals surface area contributed by atoms with Crippen LogP contribution in [0, 0.1) is 11.8 Å². The van der Waals surface area contributed by atoms with Gasteiger partial charge in [-0.1, -0.05) is 355 Å². The van der Waals surface area contributed by atoms with E-state index in [0.717, 1.165) is 121 Å². The summed E-state index contributed by atoms with van der Waals surface area (Å²) in [6, 6.07) is 0. The van der Waals surface area contributed by atoms with Gasteiger partial charge in [-0.25, -0.2) is 9.13 Å². The van der Waals surface area contributed by atoms with Gasteiger partial charge in [0.1, 0.15) is 19.3 Å². The summed E-state index contributed by atoms with van der Waals surface area (Å²) in [4.78, 5) is 73.0. The van der Waals surface area contributed by atoms with Crippen LogP contribution in [0.15, 0.2) is 24.3 Å². The van der Waals surface area contributed by atoms with Crippen LogP contribution in [0.5, 0.6) is 0 Å². The molecule has 5 atom stereocenters. The predicted molar refractivity (Wildman–Crippen MR) is 414 cm³/mol. The Bertz CT molecular complexity index is 2040.